The van der Waals surface area contributed by atoms with Gasteiger partial charge in [-0.2, -0.15) is 5.10 Å². The van der Waals surface area contributed by atoms with Crippen LogP contribution < -0.4 is 0 Å². The second-order valence-corrected chi connectivity index (χ2v) is 9.76. The predicted molar refractivity (Wildman–Crippen MR) is 101 cm³/mol. The number of rotatable bonds is 6. The molecule has 140 valence electrons. The van der Waals surface area contributed by atoms with Gasteiger partial charge in [-0.05, 0) is 39.0 Å². The van der Waals surface area contributed by atoms with Crippen LogP contribution in [0.3, 0.4) is 0 Å². The second-order valence-electron chi connectivity index (χ2n) is 8.28. The van der Waals surface area contributed by atoms with E-state index >= 15 is 0 Å². The van der Waals surface area contributed by atoms with Crippen molar-refractivity contribution in [2.75, 3.05) is 38.7 Å². The predicted octanol–water partition coefficient (Wildman–Crippen LogP) is 2.97. The van der Waals surface area contributed by atoms with Gasteiger partial charge >= 0.3 is 0 Å². The first-order chi connectivity index (χ1) is 12.1. The van der Waals surface area contributed by atoms with Crippen molar-refractivity contribution in [3.05, 3.63) is 18.0 Å². The van der Waals surface area contributed by atoms with Gasteiger partial charge in [0.2, 0.25) is 0 Å². The van der Waals surface area contributed by atoms with E-state index in [1.165, 1.54) is 43.7 Å². The summed E-state index contributed by atoms with van der Waals surface area (Å²) in [5.41, 5.74) is 1.33. The van der Waals surface area contributed by atoms with Crippen molar-refractivity contribution < 1.29 is 9.47 Å². The highest BCUT2D eigenvalue weighted by Crippen LogP contribution is 2.46. The van der Waals surface area contributed by atoms with Crippen molar-refractivity contribution in [3.63, 3.8) is 0 Å². The molecule has 1 atom stereocenters. The third kappa shape index (κ3) is 4.24. The molecule has 0 bridgehead atoms. The molecule has 1 unspecified atom stereocenters. The molecule has 0 N–H and O–H groups in total. The maximum Gasteiger partial charge on any atom is 0.0680 e. The summed E-state index contributed by atoms with van der Waals surface area (Å²) >= 11 is 2.14. The van der Waals surface area contributed by atoms with Gasteiger partial charge in [-0.1, -0.05) is 0 Å². The molecule has 6 heteroatoms. The fraction of sp³-hybridized carbons (Fsp3) is 0.842. The van der Waals surface area contributed by atoms with E-state index in [9.17, 15) is 0 Å². The van der Waals surface area contributed by atoms with Crippen LogP contribution in [-0.2, 0) is 16.0 Å². The molecule has 0 radical (unpaired) electrons. The summed E-state index contributed by atoms with van der Waals surface area (Å²) in [6, 6.07) is 0.440. The topological polar surface area (TPSA) is 39.5 Å². The number of hydrogen-bond donors (Lipinski definition) is 0. The lowest BCUT2D eigenvalue weighted by Crippen LogP contribution is -2.58. The Morgan fingerprint density at radius 3 is 2.88 bits per heavy atom. The summed E-state index contributed by atoms with van der Waals surface area (Å²) in [5.74, 6) is 1.88. The minimum absolute atomic E-state index is 0.440. The van der Waals surface area contributed by atoms with E-state index in [1.54, 1.807) is 0 Å². The monoisotopic (exact) mass is 365 g/mol. The molecule has 4 rings (SSSR count). The Bertz CT molecular complexity index is 565. The molecule has 1 aromatic heterocycles. The van der Waals surface area contributed by atoms with Gasteiger partial charge < -0.3 is 9.47 Å². The highest BCUT2D eigenvalue weighted by Gasteiger charge is 2.49. The minimum atomic E-state index is 0.440. The smallest absolute Gasteiger partial charge is 0.0680 e. The lowest BCUT2D eigenvalue weighted by Gasteiger charge is -2.47. The number of ether oxygens (including phenoxy) is 2. The van der Waals surface area contributed by atoms with E-state index in [-0.39, 0.29) is 0 Å². The third-order valence-corrected chi connectivity index (χ3v) is 7.27. The van der Waals surface area contributed by atoms with E-state index in [0.717, 1.165) is 26.4 Å². The Balaban J connectivity index is 1.19. The van der Waals surface area contributed by atoms with Gasteiger partial charge in [0.1, 0.15) is 0 Å². The molecule has 4 heterocycles. The van der Waals surface area contributed by atoms with E-state index in [1.807, 2.05) is 6.20 Å². The van der Waals surface area contributed by atoms with Crippen molar-refractivity contribution in [2.24, 2.45) is 5.92 Å². The van der Waals surface area contributed by atoms with Crippen molar-refractivity contribution in [2.45, 2.75) is 56.5 Å². The number of nitrogens with zero attached hydrogens (tertiary/aromatic N) is 3. The Kier molecular flexibility index (Phi) is 5.41. The zero-order valence-corrected chi connectivity index (χ0v) is 16.3. The Hall–Kier alpha value is -0.560. The lowest BCUT2D eigenvalue weighted by atomic mass is 9.92. The van der Waals surface area contributed by atoms with Crippen LogP contribution in [0.1, 0.15) is 44.7 Å². The molecule has 3 fully saturated rings. The molecule has 1 spiro atoms. The fourth-order valence-corrected chi connectivity index (χ4v) is 5.80. The van der Waals surface area contributed by atoms with E-state index in [0.29, 0.717) is 22.8 Å². The molecule has 25 heavy (non-hydrogen) atoms. The molecule has 0 aromatic carbocycles. The average Bonchev–Trinajstić information content (AvgIpc) is 3.21. The van der Waals surface area contributed by atoms with Crippen LogP contribution >= 0.6 is 11.8 Å². The van der Waals surface area contributed by atoms with Gasteiger partial charge in [0.25, 0.3) is 0 Å². The zero-order chi connectivity index (χ0) is 17.3. The first kappa shape index (κ1) is 17.8. The quantitative estimate of drug-likeness (QED) is 0.775. The van der Waals surface area contributed by atoms with Gasteiger partial charge in [-0.15, -0.1) is 11.8 Å². The zero-order valence-electron chi connectivity index (χ0n) is 15.5. The first-order valence-corrected chi connectivity index (χ1v) is 10.7. The summed E-state index contributed by atoms with van der Waals surface area (Å²) in [6.45, 7) is 10.5. The average molecular weight is 366 g/mol. The van der Waals surface area contributed by atoms with Gasteiger partial charge in [-0.3, -0.25) is 9.58 Å². The number of likely N-dealkylation sites (tertiary alicyclic amines) is 1. The Labute approximate surface area is 155 Å². The molecule has 1 aromatic rings. The largest absolute Gasteiger partial charge is 0.381 e. The molecule has 3 aliphatic heterocycles. The Morgan fingerprint density at radius 2 is 2.16 bits per heavy atom. The van der Waals surface area contributed by atoms with Crippen molar-refractivity contribution >= 4 is 11.8 Å². The number of aromatic nitrogens is 2. The van der Waals surface area contributed by atoms with E-state index < -0.39 is 0 Å². The van der Waals surface area contributed by atoms with Crippen LogP contribution in [0, 0.1) is 5.92 Å². The van der Waals surface area contributed by atoms with Gasteiger partial charge in [0.05, 0.1) is 12.3 Å². The summed E-state index contributed by atoms with van der Waals surface area (Å²) in [5, 5.41) is 4.45. The standard InChI is InChI=1S/C19H31N3O2S/c1-15(2)22-10-17(8-20-22)9-21-13-19(14-21)7-18(12-25-19)24-11-16-3-5-23-6-4-16/h8,10,15-16,18H,3-7,9,11-14H2,1-2H3. The van der Waals surface area contributed by atoms with Crippen LogP contribution in [-0.4, -0.2) is 64.2 Å². The number of thioether (sulfide) groups is 1. The molecule has 0 saturated carbocycles. The second kappa shape index (κ2) is 7.59. The van der Waals surface area contributed by atoms with Crippen molar-refractivity contribution in [1.29, 1.82) is 0 Å². The van der Waals surface area contributed by atoms with Gasteiger partial charge in [-0.25, -0.2) is 0 Å². The van der Waals surface area contributed by atoms with Crippen LogP contribution in [0.4, 0.5) is 0 Å². The molecule has 5 nitrogen and oxygen atoms in total. The summed E-state index contributed by atoms with van der Waals surface area (Å²) in [6.07, 6.45) is 8.23. The van der Waals surface area contributed by atoms with Crippen molar-refractivity contribution in [3.8, 4) is 0 Å². The normalized spacial score (nSPS) is 27.2. The summed E-state index contributed by atoms with van der Waals surface area (Å²) in [7, 11) is 0. The maximum absolute atomic E-state index is 6.25. The van der Waals surface area contributed by atoms with Gasteiger partial charge in [0, 0.05) is 67.8 Å². The SMILES string of the molecule is CC(C)n1cc(CN2CC3(CC(OCC4CCOCC4)CS3)C2)cn1. The highest BCUT2D eigenvalue weighted by molar-refractivity contribution is 8.01. The molecular formula is C19H31N3O2S. The fourth-order valence-electron chi connectivity index (χ4n) is 4.20. The third-order valence-electron chi connectivity index (χ3n) is 5.70. The molecular weight excluding hydrogens is 334 g/mol. The maximum atomic E-state index is 6.25. The first-order valence-electron chi connectivity index (χ1n) is 9.71. The van der Waals surface area contributed by atoms with Crippen molar-refractivity contribution in [1.82, 2.24) is 14.7 Å². The Morgan fingerprint density at radius 1 is 1.36 bits per heavy atom. The summed E-state index contributed by atoms with van der Waals surface area (Å²) in [4.78, 5) is 2.55. The number of hydrogen-bond acceptors (Lipinski definition) is 5. The highest BCUT2D eigenvalue weighted by atomic mass is 32.2. The van der Waals surface area contributed by atoms with E-state index in [4.69, 9.17) is 9.47 Å². The van der Waals surface area contributed by atoms with Gasteiger partial charge in [0.15, 0.2) is 0 Å². The van der Waals surface area contributed by atoms with Crippen LogP contribution in [0.5, 0.6) is 0 Å². The molecule has 3 aliphatic rings. The molecule has 0 amide bonds. The molecule has 3 saturated heterocycles. The lowest BCUT2D eigenvalue weighted by molar-refractivity contribution is -0.0133. The van der Waals surface area contributed by atoms with Crippen LogP contribution in [0.2, 0.25) is 0 Å². The van der Waals surface area contributed by atoms with Crippen LogP contribution in [0.15, 0.2) is 12.4 Å². The van der Waals surface area contributed by atoms with Crippen LogP contribution in [0.25, 0.3) is 0 Å². The molecule has 0 aliphatic carbocycles. The minimum Gasteiger partial charge on any atom is -0.381 e. The summed E-state index contributed by atoms with van der Waals surface area (Å²) < 4.78 is 14.2. The van der Waals surface area contributed by atoms with E-state index in [2.05, 4.69) is 46.5 Å².